The van der Waals surface area contributed by atoms with Crippen LogP contribution >= 0.6 is 12.2 Å². The molecule has 0 bridgehead atoms. The van der Waals surface area contributed by atoms with Crippen LogP contribution in [0.15, 0.2) is 6.20 Å². The third-order valence-corrected chi connectivity index (χ3v) is 1.44. The SMILES string of the molecule is Fc1ncc2[nH]c(=S)[nH]c2n1. The average Bonchev–Trinajstić information content (AvgIpc) is 2.27. The lowest BCUT2D eigenvalue weighted by Crippen LogP contribution is -1.87. The summed E-state index contributed by atoms with van der Waals surface area (Å²) in [6, 6.07) is 0. The maximum atomic E-state index is 12.4. The van der Waals surface area contributed by atoms with E-state index in [-0.39, 0.29) is 0 Å². The van der Waals surface area contributed by atoms with Crippen molar-refractivity contribution in [3.05, 3.63) is 17.0 Å². The Morgan fingerprint density at radius 2 is 2.27 bits per heavy atom. The van der Waals surface area contributed by atoms with Crippen molar-refractivity contribution in [1.29, 1.82) is 0 Å². The van der Waals surface area contributed by atoms with Gasteiger partial charge in [-0.25, -0.2) is 4.98 Å². The van der Waals surface area contributed by atoms with E-state index < -0.39 is 6.08 Å². The summed E-state index contributed by atoms with van der Waals surface area (Å²) in [7, 11) is 0. The lowest BCUT2D eigenvalue weighted by Gasteiger charge is -1.84. The zero-order valence-corrected chi connectivity index (χ0v) is 6.07. The van der Waals surface area contributed by atoms with Crippen LogP contribution in [-0.4, -0.2) is 19.9 Å². The molecule has 0 saturated heterocycles. The first-order chi connectivity index (χ1) is 5.25. The van der Waals surface area contributed by atoms with Crippen LogP contribution in [0.1, 0.15) is 0 Å². The third kappa shape index (κ3) is 1.01. The Labute approximate surface area is 65.5 Å². The van der Waals surface area contributed by atoms with Crippen molar-refractivity contribution in [2.24, 2.45) is 0 Å². The van der Waals surface area contributed by atoms with E-state index in [1.807, 2.05) is 0 Å². The number of imidazole rings is 1. The third-order valence-electron chi connectivity index (χ3n) is 1.24. The molecule has 0 aliphatic carbocycles. The molecular weight excluding hydrogens is 167 g/mol. The van der Waals surface area contributed by atoms with E-state index in [0.717, 1.165) is 0 Å². The second kappa shape index (κ2) is 2.09. The maximum absolute atomic E-state index is 12.4. The Bertz CT molecular complexity index is 445. The Morgan fingerprint density at radius 3 is 3.09 bits per heavy atom. The summed E-state index contributed by atoms with van der Waals surface area (Å²) in [4.78, 5) is 12.2. The van der Waals surface area contributed by atoms with E-state index in [4.69, 9.17) is 12.2 Å². The first-order valence-electron chi connectivity index (χ1n) is 2.86. The molecule has 0 aliphatic rings. The molecule has 0 unspecified atom stereocenters. The fraction of sp³-hybridized carbons (Fsp3) is 0. The predicted molar refractivity (Wildman–Crippen MR) is 39.0 cm³/mol. The number of fused-ring (bicyclic) bond motifs is 1. The van der Waals surface area contributed by atoms with Crippen LogP contribution in [0.3, 0.4) is 0 Å². The molecule has 11 heavy (non-hydrogen) atoms. The number of hydrogen-bond acceptors (Lipinski definition) is 3. The minimum Gasteiger partial charge on any atom is -0.328 e. The summed E-state index contributed by atoms with van der Waals surface area (Å²) in [6.45, 7) is 0. The van der Waals surface area contributed by atoms with Crippen molar-refractivity contribution in [3.63, 3.8) is 0 Å². The Balaban J connectivity index is 2.92. The molecule has 0 amide bonds. The monoisotopic (exact) mass is 170 g/mol. The second-order valence-electron chi connectivity index (χ2n) is 1.98. The average molecular weight is 170 g/mol. The fourth-order valence-corrected chi connectivity index (χ4v) is 1.01. The number of nitrogens with zero attached hydrogens (tertiary/aromatic N) is 2. The fourth-order valence-electron chi connectivity index (χ4n) is 0.808. The summed E-state index contributed by atoms with van der Waals surface area (Å²) in [5, 5.41) is 0. The van der Waals surface area contributed by atoms with Crippen molar-refractivity contribution in [1.82, 2.24) is 19.9 Å². The summed E-state index contributed by atoms with van der Waals surface area (Å²) in [5.41, 5.74) is 0.999. The van der Waals surface area contributed by atoms with Crippen LogP contribution in [0.2, 0.25) is 0 Å². The van der Waals surface area contributed by atoms with Gasteiger partial charge in [0.25, 0.3) is 0 Å². The quantitative estimate of drug-likeness (QED) is 0.460. The highest BCUT2D eigenvalue weighted by Gasteiger charge is 1.98. The van der Waals surface area contributed by atoms with Crippen LogP contribution in [0.4, 0.5) is 4.39 Å². The van der Waals surface area contributed by atoms with E-state index in [1.54, 1.807) is 0 Å². The van der Waals surface area contributed by atoms with Crippen LogP contribution < -0.4 is 0 Å². The van der Waals surface area contributed by atoms with E-state index in [1.165, 1.54) is 6.20 Å². The molecular formula is C5H3FN4S. The molecule has 2 N–H and O–H groups in total. The van der Waals surface area contributed by atoms with Gasteiger partial charge in [0, 0.05) is 0 Å². The van der Waals surface area contributed by atoms with Gasteiger partial charge in [0.15, 0.2) is 10.4 Å². The zero-order valence-electron chi connectivity index (χ0n) is 5.26. The molecule has 0 fully saturated rings. The van der Waals surface area contributed by atoms with Gasteiger partial charge in [0.1, 0.15) is 5.52 Å². The molecule has 0 aliphatic heterocycles. The molecule has 4 nitrogen and oxygen atoms in total. The topological polar surface area (TPSA) is 57.4 Å². The second-order valence-corrected chi connectivity index (χ2v) is 2.39. The van der Waals surface area contributed by atoms with E-state index in [0.29, 0.717) is 15.9 Å². The molecule has 0 saturated carbocycles. The number of nitrogens with one attached hydrogen (secondary N) is 2. The highest BCUT2D eigenvalue weighted by molar-refractivity contribution is 7.71. The largest absolute Gasteiger partial charge is 0.328 e. The van der Waals surface area contributed by atoms with Gasteiger partial charge >= 0.3 is 6.08 Å². The lowest BCUT2D eigenvalue weighted by atomic mass is 10.6. The summed E-state index contributed by atoms with van der Waals surface area (Å²) in [6.07, 6.45) is 0.576. The number of hydrogen-bond donors (Lipinski definition) is 2. The van der Waals surface area contributed by atoms with Crippen LogP contribution in [0, 0.1) is 10.8 Å². The first kappa shape index (κ1) is 6.41. The zero-order chi connectivity index (χ0) is 7.84. The Morgan fingerprint density at radius 1 is 1.45 bits per heavy atom. The molecule has 0 radical (unpaired) electrons. The van der Waals surface area contributed by atoms with E-state index >= 15 is 0 Å². The number of halogens is 1. The van der Waals surface area contributed by atoms with Gasteiger partial charge < -0.3 is 9.97 Å². The standard InChI is InChI=1S/C5H3FN4S/c6-4-7-1-2-3(9-4)10-5(11)8-2/h1H,(H2,7,8,9,10,11). The van der Waals surface area contributed by atoms with Gasteiger partial charge in [-0.1, -0.05) is 0 Å². The summed E-state index contributed by atoms with van der Waals surface area (Å²) >= 11 is 4.75. The molecule has 2 aromatic heterocycles. The highest BCUT2D eigenvalue weighted by Crippen LogP contribution is 2.03. The molecule has 0 aromatic carbocycles. The van der Waals surface area contributed by atoms with E-state index in [2.05, 4.69) is 19.9 Å². The molecule has 2 aromatic rings. The summed E-state index contributed by atoms with van der Waals surface area (Å²) < 4.78 is 12.8. The number of H-pyrrole nitrogens is 2. The van der Waals surface area contributed by atoms with Gasteiger partial charge in [-0.3, -0.25) is 0 Å². The molecule has 2 rings (SSSR count). The van der Waals surface area contributed by atoms with Crippen molar-refractivity contribution in [2.45, 2.75) is 0 Å². The lowest BCUT2D eigenvalue weighted by molar-refractivity contribution is 0.544. The first-order valence-corrected chi connectivity index (χ1v) is 3.27. The number of aromatic amines is 2. The molecule has 56 valence electrons. The Kier molecular flexibility index (Phi) is 1.22. The van der Waals surface area contributed by atoms with Gasteiger partial charge in [-0.15, -0.1) is 0 Å². The van der Waals surface area contributed by atoms with Crippen LogP contribution in [-0.2, 0) is 0 Å². The number of rotatable bonds is 0. The molecule has 0 spiro atoms. The van der Waals surface area contributed by atoms with Gasteiger partial charge in [0.05, 0.1) is 6.20 Å². The van der Waals surface area contributed by atoms with Crippen molar-refractivity contribution in [2.75, 3.05) is 0 Å². The van der Waals surface area contributed by atoms with Crippen molar-refractivity contribution < 1.29 is 4.39 Å². The molecule has 6 heteroatoms. The van der Waals surface area contributed by atoms with Crippen LogP contribution in [0.25, 0.3) is 11.2 Å². The summed E-state index contributed by atoms with van der Waals surface area (Å²) in [5.74, 6) is 0. The predicted octanol–water partition coefficient (Wildman–Crippen LogP) is 1.15. The van der Waals surface area contributed by atoms with Crippen molar-refractivity contribution >= 4 is 23.4 Å². The van der Waals surface area contributed by atoms with Gasteiger partial charge in [-0.05, 0) is 12.2 Å². The maximum Gasteiger partial charge on any atom is 0.310 e. The molecule has 0 atom stereocenters. The van der Waals surface area contributed by atoms with Crippen LogP contribution in [0.5, 0.6) is 0 Å². The Hall–Kier alpha value is -1.30. The molecule has 2 heterocycles. The minimum atomic E-state index is -0.761. The van der Waals surface area contributed by atoms with E-state index in [9.17, 15) is 4.39 Å². The van der Waals surface area contributed by atoms with Gasteiger partial charge in [0.2, 0.25) is 0 Å². The normalized spacial score (nSPS) is 10.6. The smallest absolute Gasteiger partial charge is 0.310 e. The number of aromatic nitrogens is 4. The minimum absolute atomic E-state index is 0.391. The van der Waals surface area contributed by atoms with Gasteiger partial charge in [-0.2, -0.15) is 9.37 Å². The highest BCUT2D eigenvalue weighted by atomic mass is 32.1. The van der Waals surface area contributed by atoms with Crippen molar-refractivity contribution in [3.8, 4) is 0 Å².